The number of nitrogens with zero attached hydrogens (tertiary/aromatic N) is 3. The van der Waals surface area contributed by atoms with E-state index in [2.05, 4.69) is 26.1 Å². The summed E-state index contributed by atoms with van der Waals surface area (Å²) in [5.74, 6) is -0.442. The maximum absolute atomic E-state index is 12.3. The summed E-state index contributed by atoms with van der Waals surface area (Å²) in [7, 11) is -3.43. The number of nitrogens with two attached hydrogens (primary N) is 1. The Morgan fingerprint density at radius 3 is 2.57 bits per heavy atom. The topological polar surface area (TPSA) is 138 Å². The lowest BCUT2D eigenvalue weighted by atomic mass is 10.0. The summed E-state index contributed by atoms with van der Waals surface area (Å²) < 4.78 is 34.5. The fourth-order valence-electron chi connectivity index (χ4n) is 3.12. The molecule has 0 aliphatic rings. The van der Waals surface area contributed by atoms with Gasteiger partial charge in [-0.2, -0.15) is 4.98 Å². The molecule has 0 atom stereocenters. The van der Waals surface area contributed by atoms with Crippen molar-refractivity contribution in [2.24, 2.45) is 10.7 Å². The van der Waals surface area contributed by atoms with E-state index < -0.39 is 15.8 Å². The van der Waals surface area contributed by atoms with Gasteiger partial charge in [-0.1, -0.05) is 43.3 Å². The van der Waals surface area contributed by atoms with E-state index in [9.17, 15) is 13.2 Å². The number of aromatic nitrogens is 2. The van der Waals surface area contributed by atoms with Crippen molar-refractivity contribution >= 4 is 43.1 Å². The van der Waals surface area contributed by atoms with Crippen LogP contribution in [0.15, 0.2) is 73.1 Å². The van der Waals surface area contributed by atoms with Gasteiger partial charge in [0.25, 0.3) is 5.89 Å². The molecule has 11 heteroatoms. The molecule has 3 aromatic rings. The fourth-order valence-corrected chi connectivity index (χ4v) is 4.21. The normalized spacial score (nSPS) is 13.0. The van der Waals surface area contributed by atoms with Gasteiger partial charge in [-0.05, 0) is 58.6 Å². The zero-order valence-corrected chi connectivity index (χ0v) is 22.1. The molecule has 184 valence electrons. The van der Waals surface area contributed by atoms with E-state index in [1.165, 1.54) is 12.1 Å². The summed E-state index contributed by atoms with van der Waals surface area (Å²) in [4.78, 5) is 21.5. The van der Waals surface area contributed by atoms with Gasteiger partial charge in [0.1, 0.15) is 11.4 Å². The molecule has 9 nitrogen and oxygen atoms in total. The van der Waals surface area contributed by atoms with Crippen LogP contribution in [0.1, 0.15) is 38.1 Å². The first-order chi connectivity index (χ1) is 16.5. The van der Waals surface area contributed by atoms with Crippen LogP contribution in [0.2, 0.25) is 0 Å². The van der Waals surface area contributed by atoms with Gasteiger partial charge in [-0.25, -0.2) is 18.2 Å². The Hall–Kier alpha value is -3.31. The van der Waals surface area contributed by atoms with Crippen LogP contribution in [0.25, 0.3) is 11.5 Å². The molecular formula is C24H25BrN4O5S. The summed E-state index contributed by atoms with van der Waals surface area (Å²) in [6.07, 6.45) is 1.11. The molecule has 1 heterocycles. The molecule has 2 aromatic carbocycles. The molecule has 0 saturated carbocycles. The molecular weight excluding hydrogens is 536 g/mol. The predicted molar refractivity (Wildman–Crippen MR) is 136 cm³/mol. The predicted octanol–water partition coefficient (Wildman–Crippen LogP) is 4.51. The highest BCUT2D eigenvalue weighted by Gasteiger charge is 2.23. The van der Waals surface area contributed by atoms with Gasteiger partial charge < -0.3 is 15.0 Å². The second-order valence-electron chi connectivity index (χ2n) is 7.85. The minimum absolute atomic E-state index is 0.0439. The first-order valence-corrected chi connectivity index (χ1v) is 13.4. The molecule has 3 rings (SSSR count). The maximum Gasteiger partial charge on any atom is 0.355 e. The number of carbonyl (C=O) groups is 1. The van der Waals surface area contributed by atoms with E-state index in [1.807, 2.05) is 38.1 Å². The van der Waals surface area contributed by atoms with Gasteiger partial charge >= 0.3 is 5.97 Å². The third-order valence-electron chi connectivity index (χ3n) is 4.88. The standard InChI is InChI=1S/C24H25BrN4O5S/c1-5-33-24(30)20(26)19(25)21(27-18-12-7-6-11-17(18)14(2)3)22-28-23(34-29-22)15-9-8-10-16(13-15)35(4,31)32/h6-14H,5,26H2,1-4H3. The van der Waals surface area contributed by atoms with Crippen molar-refractivity contribution < 1.29 is 22.5 Å². The minimum atomic E-state index is -3.43. The number of para-hydroxylation sites is 1. The molecule has 0 unspecified atom stereocenters. The smallest absolute Gasteiger partial charge is 0.355 e. The number of sulfone groups is 1. The Morgan fingerprint density at radius 1 is 1.20 bits per heavy atom. The van der Waals surface area contributed by atoms with Crippen molar-refractivity contribution in [3.05, 3.63) is 70.1 Å². The maximum atomic E-state index is 12.3. The molecule has 2 N–H and O–H groups in total. The van der Waals surface area contributed by atoms with Gasteiger partial charge in [0.2, 0.25) is 5.82 Å². The second-order valence-corrected chi connectivity index (χ2v) is 10.7. The van der Waals surface area contributed by atoms with E-state index >= 15 is 0 Å². The quantitative estimate of drug-likeness (QED) is 0.241. The second kappa shape index (κ2) is 11.0. The van der Waals surface area contributed by atoms with Crippen LogP contribution < -0.4 is 5.73 Å². The average molecular weight is 561 g/mol. The van der Waals surface area contributed by atoms with Crippen molar-refractivity contribution in [2.75, 3.05) is 12.9 Å². The summed E-state index contributed by atoms with van der Waals surface area (Å²) >= 11 is 3.36. The van der Waals surface area contributed by atoms with E-state index in [1.54, 1.807) is 19.1 Å². The van der Waals surface area contributed by atoms with Crippen molar-refractivity contribution in [3.8, 4) is 11.5 Å². The van der Waals surface area contributed by atoms with Crippen LogP contribution in [0, 0.1) is 0 Å². The summed E-state index contributed by atoms with van der Waals surface area (Å²) in [5, 5.41) is 4.03. The Morgan fingerprint density at radius 2 is 1.91 bits per heavy atom. The van der Waals surface area contributed by atoms with Crippen LogP contribution in [0.3, 0.4) is 0 Å². The number of rotatable bonds is 8. The zero-order chi connectivity index (χ0) is 25.8. The monoisotopic (exact) mass is 560 g/mol. The fraction of sp³-hybridized carbons (Fsp3) is 0.250. The molecule has 0 aliphatic heterocycles. The van der Waals surface area contributed by atoms with E-state index in [0.717, 1.165) is 11.8 Å². The highest BCUT2D eigenvalue weighted by molar-refractivity contribution is 9.12. The Kier molecular flexibility index (Phi) is 8.23. The molecule has 0 aliphatic carbocycles. The lowest BCUT2D eigenvalue weighted by Crippen LogP contribution is -2.19. The zero-order valence-electron chi connectivity index (χ0n) is 19.6. The van der Waals surface area contributed by atoms with E-state index in [4.69, 9.17) is 20.0 Å². The SMILES string of the molecule is CCOC(=O)C(N)=C(Br)C(=Nc1ccccc1C(C)C)c1noc(-c2cccc(S(C)(=O)=O)c2)n1. The Labute approximate surface area is 212 Å². The third kappa shape index (κ3) is 6.23. The summed E-state index contributed by atoms with van der Waals surface area (Å²) in [5.41, 5.74) is 8.00. The summed E-state index contributed by atoms with van der Waals surface area (Å²) in [6.45, 7) is 5.88. The van der Waals surface area contributed by atoms with Crippen LogP contribution in [0.4, 0.5) is 5.69 Å². The molecule has 0 bridgehead atoms. The largest absolute Gasteiger partial charge is 0.461 e. The van der Waals surface area contributed by atoms with Gasteiger partial charge in [0, 0.05) is 11.8 Å². The number of halogens is 1. The number of hydrogen-bond donors (Lipinski definition) is 1. The van der Waals surface area contributed by atoms with Crippen molar-refractivity contribution in [1.29, 1.82) is 0 Å². The van der Waals surface area contributed by atoms with Gasteiger partial charge in [-0.15, -0.1) is 0 Å². The van der Waals surface area contributed by atoms with Gasteiger partial charge in [-0.3, -0.25) is 0 Å². The molecule has 0 spiro atoms. The van der Waals surface area contributed by atoms with Crippen LogP contribution >= 0.6 is 15.9 Å². The first-order valence-electron chi connectivity index (χ1n) is 10.7. The highest BCUT2D eigenvalue weighted by atomic mass is 79.9. The minimum Gasteiger partial charge on any atom is -0.461 e. The number of benzene rings is 2. The number of ether oxygens (including phenoxy) is 1. The number of aliphatic imine (C=N–C) groups is 1. The average Bonchev–Trinajstić information content (AvgIpc) is 3.31. The van der Waals surface area contributed by atoms with Crippen LogP contribution in [-0.2, 0) is 19.4 Å². The molecule has 0 saturated heterocycles. The number of carbonyl (C=O) groups excluding carboxylic acids is 1. The number of allylic oxidation sites excluding steroid dienone is 1. The van der Waals surface area contributed by atoms with Gasteiger partial charge in [0.15, 0.2) is 9.84 Å². The van der Waals surface area contributed by atoms with Crippen molar-refractivity contribution in [1.82, 2.24) is 10.1 Å². The lowest BCUT2D eigenvalue weighted by molar-refractivity contribution is -0.138. The van der Waals surface area contributed by atoms with E-state index in [-0.39, 0.29) is 45.0 Å². The third-order valence-corrected chi connectivity index (χ3v) is 6.79. The molecule has 0 fully saturated rings. The van der Waals surface area contributed by atoms with Crippen molar-refractivity contribution in [2.45, 2.75) is 31.6 Å². The first kappa shape index (κ1) is 26.3. The molecule has 35 heavy (non-hydrogen) atoms. The molecule has 0 radical (unpaired) electrons. The molecule has 0 amide bonds. The number of hydrogen-bond acceptors (Lipinski definition) is 9. The summed E-state index contributed by atoms with van der Waals surface area (Å²) in [6, 6.07) is 13.7. The van der Waals surface area contributed by atoms with E-state index in [0.29, 0.717) is 11.3 Å². The van der Waals surface area contributed by atoms with Crippen LogP contribution in [0.5, 0.6) is 0 Å². The highest BCUT2D eigenvalue weighted by Crippen LogP contribution is 2.30. The van der Waals surface area contributed by atoms with Crippen LogP contribution in [-0.4, -0.2) is 43.1 Å². The Bertz CT molecular complexity index is 1410. The lowest BCUT2D eigenvalue weighted by Gasteiger charge is -2.11. The van der Waals surface area contributed by atoms with Crippen molar-refractivity contribution in [3.63, 3.8) is 0 Å². The molecule has 1 aromatic heterocycles. The van der Waals surface area contributed by atoms with Gasteiger partial charge in [0.05, 0.1) is 21.7 Å². The Balaban J connectivity index is 2.18. The number of esters is 1.